The third-order valence-electron chi connectivity index (χ3n) is 3.08. The summed E-state index contributed by atoms with van der Waals surface area (Å²) in [6.45, 7) is 4.18. The van der Waals surface area contributed by atoms with E-state index in [-0.39, 0.29) is 5.91 Å². The van der Waals surface area contributed by atoms with Crippen LogP contribution in [0, 0.1) is 13.8 Å². The van der Waals surface area contributed by atoms with E-state index in [1.165, 1.54) is 16.7 Å². The predicted molar refractivity (Wildman–Crippen MR) is 102 cm³/mol. The molecule has 1 N–H and O–H groups in total. The van der Waals surface area contributed by atoms with Crippen LogP contribution in [0.25, 0.3) is 0 Å². The van der Waals surface area contributed by atoms with Crippen LogP contribution in [-0.4, -0.2) is 17.9 Å². The van der Waals surface area contributed by atoms with Gasteiger partial charge in [-0.15, -0.1) is 11.8 Å². The normalized spacial score (nSPS) is 10.9. The molecule has 0 heterocycles. The second-order valence-corrected chi connectivity index (χ2v) is 7.14. The van der Waals surface area contributed by atoms with E-state index in [0.29, 0.717) is 5.75 Å². The van der Waals surface area contributed by atoms with E-state index < -0.39 is 0 Å². The molecule has 0 saturated carbocycles. The monoisotopic (exact) mass is 390 g/mol. The van der Waals surface area contributed by atoms with Crippen LogP contribution in [0.15, 0.2) is 52.0 Å². The predicted octanol–water partition coefficient (Wildman–Crippen LogP) is 4.45. The van der Waals surface area contributed by atoms with Crippen LogP contribution >= 0.6 is 27.7 Å². The van der Waals surface area contributed by atoms with E-state index in [1.54, 1.807) is 18.0 Å². The number of benzene rings is 2. The Morgan fingerprint density at radius 2 is 1.91 bits per heavy atom. The Kier molecular flexibility index (Phi) is 6.86. The van der Waals surface area contributed by atoms with Gasteiger partial charge in [-0.2, -0.15) is 5.10 Å². The van der Waals surface area contributed by atoms with E-state index in [2.05, 4.69) is 58.5 Å². The molecule has 0 radical (unpaired) electrons. The van der Waals surface area contributed by atoms with Gasteiger partial charge in [0.25, 0.3) is 0 Å². The molecule has 0 aliphatic heterocycles. The lowest BCUT2D eigenvalue weighted by Crippen LogP contribution is -2.19. The highest BCUT2D eigenvalue weighted by molar-refractivity contribution is 9.10. The molecule has 0 bridgehead atoms. The zero-order valence-corrected chi connectivity index (χ0v) is 15.6. The van der Waals surface area contributed by atoms with Gasteiger partial charge in [0.2, 0.25) is 5.91 Å². The maximum atomic E-state index is 11.8. The first-order chi connectivity index (χ1) is 11.0. The van der Waals surface area contributed by atoms with Gasteiger partial charge < -0.3 is 0 Å². The van der Waals surface area contributed by atoms with Gasteiger partial charge >= 0.3 is 0 Å². The minimum atomic E-state index is -0.0947. The zero-order valence-electron chi connectivity index (χ0n) is 13.2. The van der Waals surface area contributed by atoms with E-state index in [9.17, 15) is 4.79 Å². The number of carbonyl (C=O) groups is 1. The molecule has 120 valence electrons. The molecule has 2 aromatic carbocycles. The number of halogens is 1. The van der Waals surface area contributed by atoms with Crippen molar-refractivity contribution in [3.8, 4) is 0 Å². The van der Waals surface area contributed by atoms with Crippen molar-refractivity contribution in [1.29, 1.82) is 0 Å². The van der Waals surface area contributed by atoms with Gasteiger partial charge in [-0.05, 0) is 25.5 Å². The Hall–Kier alpha value is -1.59. The van der Waals surface area contributed by atoms with Crippen molar-refractivity contribution in [1.82, 2.24) is 5.43 Å². The van der Waals surface area contributed by atoms with Crippen LogP contribution in [0.1, 0.15) is 22.3 Å². The number of thioether (sulfide) groups is 1. The van der Waals surface area contributed by atoms with Gasteiger partial charge in [0.05, 0.1) is 12.0 Å². The number of rotatable bonds is 6. The molecule has 1 amide bonds. The van der Waals surface area contributed by atoms with E-state index >= 15 is 0 Å². The molecular weight excluding hydrogens is 372 g/mol. The molecular formula is C18H19BrN2OS. The molecule has 0 aromatic heterocycles. The Morgan fingerprint density at radius 3 is 2.61 bits per heavy atom. The van der Waals surface area contributed by atoms with Crippen LogP contribution in [-0.2, 0) is 10.5 Å². The van der Waals surface area contributed by atoms with Crippen molar-refractivity contribution in [3.63, 3.8) is 0 Å². The molecule has 0 aliphatic carbocycles. The summed E-state index contributed by atoms with van der Waals surface area (Å²) in [5.74, 6) is 1.12. The van der Waals surface area contributed by atoms with E-state index in [1.807, 2.05) is 24.3 Å². The lowest BCUT2D eigenvalue weighted by molar-refractivity contribution is -0.118. The lowest BCUT2D eigenvalue weighted by Gasteiger charge is -2.04. The molecule has 0 atom stereocenters. The van der Waals surface area contributed by atoms with E-state index in [0.717, 1.165) is 15.8 Å². The fourth-order valence-corrected chi connectivity index (χ4v) is 3.34. The smallest absolute Gasteiger partial charge is 0.250 e. The average molecular weight is 391 g/mol. The molecule has 23 heavy (non-hydrogen) atoms. The van der Waals surface area contributed by atoms with Gasteiger partial charge in [-0.25, -0.2) is 5.43 Å². The first-order valence-corrected chi connectivity index (χ1v) is 9.21. The molecule has 2 rings (SSSR count). The van der Waals surface area contributed by atoms with Gasteiger partial charge in [-0.3, -0.25) is 4.79 Å². The summed E-state index contributed by atoms with van der Waals surface area (Å²) in [6, 6.07) is 14.2. The third kappa shape index (κ3) is 6.20. The molecule has 0 saturated heterocycles. The lowest BCUT2D eigenvalue weighted by atomic mass is 10.1. The number of carbonyl (C=O) groups excluding carboxylic acids is 1. The highest BCUT2D eigenvalue weighted by Crippen LogP contribution is 2.16. The number of aryl methyl sites for hydroxylation is 2. The Labute approximate surface area is 149 Å². The van der Waals surface area contributed by atoms with Crippen LogP contribution < -0.4 is 5.43 Å². The Balaban J connectivity index is 1.76. The number of amides is 1. The number of hydrogen-bond acceptors (Lipinski definition) is 3. The first-order valence-electron chi connectivity index (χ1n) is 7.26. The zero-order chi connectivity index (χ0) is 16.7. The number of nitrogens with zero attached hydrogens (tertiary/aromatic N) is 1. The summed E-state index contributed by atoms with van der Waals surface area (Å²) in [5.41, 5.74) is 7.24. The minimum absolute atomic E-state index is 0.0947. The average Bonchev–Trinajstić information content (AvgIpc) is 2.48. The summed E-state index contributed by atoms with van der Waals surface area (Å²) in [7, 11) is 0. The van der Waals surface area contributed by atoms with E-state index in [4.69, 9.17) is 0 Å². The number of hydrazone groups is 1. The minimum Gasteiger partial charge on any atom is -0.272 e. The van der Waals surface area contributed by atoms with Crippen molar-refractivity contribution in [2.75, 3.05) is 5.75 Å². The first kappa shape index (κ1) is 17.8. The fraction of sp³-hybridized carbons (Fsp3) is 0.222. The van der Waals surface area contributed by atoms with Gasteiger partial charge in [-0.1, -0.05) is 63.5 Å². The van der Waals surface area contributed by atoms with Crippen molar-refractivity contribution in [2.45, 2.75) is 19.6 Å². The summed E-state index contributed by atoms with van der Waals surface area (Å²) in [6.07, 6.45) is 1.64. The number of nitrogens with one attached hydrogen (secondary N) is 1. The number of hydrogen-bond donors (Lipinski definition) is 1. The SMILES string of the molecule is Cc1cc(C)cc(CSCC(=O)N/N=C\c2ccccc2Br)c1. The van der Waals surface area contributed by atoms with Crippen molar-refractivity contribution < 1.29 is 4.79 Å². The summed E-state index contributed by atoms with van der Waals surface area (Å²) >= 11 is 5.02. The van der Waals surface area contributed by atoms with Crippen molar-refractivity contribution in [2.24, 2.45) is 5.10 Å². The largest absolute Gasteiger partial charge is 0.272 e. The quantitative estimate of drug-likeness (QED) is 0.584. The van der Waals surface area contributed by atoms with Crippen molar-refractivity contribution in [3.05, 3.63) is 69.2 Å². The standard InChI is InChI=1S/C18H19BrN2OS/c1-13-7-14(2)9-15(8-13)11-23-12-18(22)21-20-10-16-5-3-4-6-17(16)19/h3-10H,11-12H2,1-2H3,(H,21,22)/b20-10-. The van der Waals surface area contributed by atoms with Gasteiger partial charge in [0, 0.05) is 15.8 Å². The second kappa shape index (κ2) is 8.89. The molecule has 3 nitrogen and oxygen atoms in total. The van der Waals surface area contributed by atoms with Crippen LogP contribution in [0.5, 0.6) is 0 Å². The summed E-state index contributed by atoms with van der Waals surface area (Å²) in [4.78, 5) is 11.8. The topological polar surface area (TPSA) is 41.5 Å². The molecule has 2 aromatic rings. The van der Waals surface area contributed by atoms with Crippen LogP contribution in [0.4, 0.5) is 0 Å². The summed E-state index contributed by atoms with van der Waals surface area (Å²) < 4.78 is 0.946. The second-order valence-electron chi connectivity index (χ2n) is 5.30. The third-order valence-corrected chi connectivity index (χ3v) is 4.81. The molecule has 0 fully saturated rings. The van der Waals surface area contributed by atoms with Gasteiger partial charge in [0.1, 0.15) is 0 Å². The molecule has 0 aliphatic rings. The highest BCUT2D eigenvalue weighted by Gasteiger charge is 2.02. The Morgan fingerprint density at radius 1 is 1.22 bits per heavy atom. The van der Waals surface area contributed by atoms with Gasteiger partial charge in [0.15, 0.2) is 0 Å². The van der Waals surface area contributed by atoms with Crippen LogP contribution in [0.2, 0.25) is 0 Å². The molecule has 5 heteroatoms. The molecule has 0 spiro atoms. The molecule has 0 unspecified atom stereocenters. The fourth-order valence-electron chi connectivity index (χ4n) is 2.20. The van der Waals surface area contributed by atoms with Crippen LogP contribution in [0.3, 0.4) is 0 Å². The maximum absolute atomic E-state index is 11.8. The highest BCUT2D eigenvalue weighted by atomic mass is 79.9. The Bertz CT molecular complexity index is 696. The maximum Gasteiger partial charge on any atom is 0.250 e. The van der Waals surface area contributed by atoms with Crippen molar-refractivity contribution >= 4 is 39.8 Å². The summed E-state index contributed by atoms with van der Waals surface area (Å²) in [5, 5.41) is 3.99.